The molecule has 0 amide bonds. The first kappa shape index (κ1) is 14.2. The van der Waals surface area contributed by atoms with E-state index < -0.39 is 0 Å². The lowest BCUT2D eigenvalue weighted by Crippen LogP contribution is -2.03. The van der Waals surface area contributed by atoms with Crippen LogP contribution in [0.2, 0.25) is 5.02 Å². The minimum absolute atomic E-state index is 0.346. The lowest BCUT2D eigenvalue weighted by Gasteiger charge is -2.08. The molecule has 3 nitrogen and oxygen atoms in total. The second-order valence-corrected chi connectivity index (χ2v) is 5.41. The third kappa shape index (κ3) is 2.71. The maximum atomic E-state index is 6.05. The number of nitrogens with zero attached hydrogens (tertiary/aromatic N) is 2. The fraction of sp³-hybridized carbons (Fsp3) is 0.188. The first-order valence-corrected chi connectivity index (χ1v) is 7.46. The second-order valence-electron chi connectivity index (χ2n) is 4.71. The molecule has 0 saturated heterocycles. The number of halogens is 2. The Morgan fingerprint density at radius 2 is 2.00 bits per heavy atom. The van der Waals surface area contributed by atoms with E-state index in [1.165, 1.54) is 0 Å². The Morgan fingerprint density at radius 1 is 1.19 bits per heavy atom. The number of para-hydroxylation sites is 1. The molecule has 5 heteroatoms. The summed E-state index contributed by atoms with van der Waals surface area (Å²) in [6.45, 7) is 0.673. The summed E-state index contributed by atoms with van der Waals surface area (Å²) in [5.74, 6) is 1.91. The highest BCUT2D eigenvalue weighted by atomic mass is 35.5. The molecule has 0 aliphatic heterocycles. The van der Waals surface area contributed by atoms with Gasteiger partial charge < -0.3 is 9.30 Å². The van der Waals surface area contributed by atoms with Gasteiger partial charge in [-0.3, -0.25) is 0 Å². The maximum absolute atomic E-state index is 6.05. The van der Waals surface area contributed by atoms with E-state index in [-0.39, 0.29) is 0 Å². The molecule has 0 radical (unpaired) electrons. The number of imidazole rings is 1. The van der Waals surface area contributed by atoms with Crippen LogP contribution in [0.4, 0.5) is 0 Å². The summed E-state index contributed by atoms with van der Waals surface area (Å²) in [5, 5.41) is 0.724. The van der Waals surface area contributed by atoms with E-state index in [1.54, 1.807) is 7.11 Å². The monoisotopic (exact) mass is 320 g/mol. The van der Waals surface area contributed by atoms with Gasteiger partial charge in [0.2, 0.25) is 0 Å². The zero-order chi connectivity index (χ0) is 14.8. The van der Waals surface area contributed by atoms with Crippen LogP contribution in [-0.4, -0.2) is 16.7 Å². The molecular weight excluding hydrogens is 307 g/mol. The van der Waals surface area contributed by atoms with Crippen molar-refractivity contribution >= 4 is 34.2 Å². The minimum Gasteiger partial charge on any atom is -0.494 e. The molecule has 108 valence electrons. The van der Waals surface area contributed by atoms with Gasteiger partial charge in [-0.1, -0.05) is 29.8 Å². The van der Waals surface area contributed by atoms with Crippen molar-refractivity contribution in [2.45, 2.75) is 12.4 Å². The molecule has 0 fully saturated rings. The molecule has 21 heavy (non-hydrogen) atoms. The largest absolute Gasteiger partial charge is 0.494 e. The van der Waals surface area contributed by atoms with Crippen molar-refractivity contribution in [1.82, 2.24) is 9.55 Å². The van der Waals surface area contributed by atoms with Gasteiger partial charge in [-0.2, -0.15) is 0 Å². The molecule has 1 aromatic heterocycles. The average Bonchev–Trinajstić information content (AvgIpc) is 2.85. The Balaban J connectivity index is 2.12. The van der Waals surface area contributed by atoms with Crippen LogP contribution in [0.3, 0.4) is 0 Å². The molecule has 3 aromatic rings. The molecule has 0 N–H and O–H groups in total. The third-order valence-corrected chi connectivity index (χ3v) is 3.86. The summed E-state index contributed by atoms with van der Waals surface area (Å²) in [6.07, 6.45) is 0. The number of ether oxygens (including phenoxy) is 1. The standard InChI is InChI=1S/C16H14Cl2N2O/c1-21-14-7-3-6-13-16(14)19-15(9-17)20(13)10-11-4-2-5-12(18)8-11/h2-8H,9-10H2,1H3. The summed E-state index contributed by atoms with van der Waals surface area (Å²) in [5.41, 5.74) is 2.94. The van der Waals surface area contributed by atoms with Gasteiger partial charge in [0.25, 0.3) is 0 Å². The molecule has 0 spiro atoms. The molecule has 0 aliphatic carbocycles. The van der Waals surface area contributed by atoms with Crippen LogP contribution in [0.1, 0.15) is 11.4 Å². The van der Waals surface area contributed by atoms with Gasteiger partial charge in [0.05, 0.1) is 18.5 Å². The molecule has 2 aromatic carbocycles. The van der Waals surface area contributed by atoms with Crippen LogP contribution >= 0.6 is 23.2 Å². The summed E-state index contributed by atoms with van der Waals surface area (Å²) in [4.78, 5) is 4.59. The Labute approximate surface area is 133 Å². The highest BCUT2D eigenvalue weighted by molar-refractivity contribution is 6.30. The van der Waals surface area contributed by atoms with Crippen LogP contribution in [0.5, 0.6) is 5.75 Å². The molecule has 0 saturated carbocycles. The summed E-state index contributed by atoms with van der Waals surface area (Å²) in [6, 6.07) is 13.7. The van der Waals surface area contributed by atoms with Gasteiger partial charge in [0.15, 0.2) is 0 Å². The Bertz CT molecular complexity index is 783. The summed E-state index contributed by atoms with van der Waals surface area (Å²) >= 11 is 12.1. The number of fused-ring (bicyclic) bond motifs is 1. The van der Waals surface area contributed by atoms with Gasteiger partial charge in [0, 0.05) is 11.6 Å². The number of hydrogen-bond acceptors (Lipinski definition) is 2. The van der Waals surface area contributed by atoms with E-state index in [9.17, 15) is 0 Å². The number of alkyl halides is 1. The quantitative estimate of drug-likeness (QED) is 0.662. The predicted octanol–water partition coefficient (Wildman–Crippen LogP) is 4.49. The number of hydrogen-bond donors (Lipinski definition) is 0. The number of aromatic nitrogens is 2. The van der Waals surface area contributed by atoms with E-state index in [2.05, 4.69) is 9.55 Å². The van der Waals surface area contributed by atoms with Crippen molar-refractivity contribution in [3.63, 3.8) is 0 Å². The van der Waals surface area contributed by atoms with Crippen molar-refractivity contribution in [2.24, 2.45) is 0 Å². The SMILES string of the molecule is COc1cccc2c1nc(CCl)n2Cc1cccc(Cl)c1. The van der Waals surface area contributed by atoms with Crippen LogP contribution in [-0.2, 0) is 12.4 Å². The van der Waals surface area contributed by atoms with Crippen molar-refractivity contribution in [1.29, 1.82) is 0 Å². The van der Waals surface area contributed by atoms with E-state index in [1.807, 2.05) is 42.5 Å². The fourth-order valence-corrected chi connectivity index (χ4v) is 2.85. The Hall–Kier alpha value is -1.71. The molecular formula is C16H14Cl2N2O. The van der Waals surface area contributed by atoms with Gasteiger partial charge in [-0.25, -0.2) is 4.98 Å². The highest BCUT2D eigenvalue weighted by Crippen LogP contribution is 2.27. The van der Waals surface area contributed by atoms with Gasteiger partial charge in [0.1, 0.15) is 17.1 Å². The van der Waals surface area contributed by atoms with Gasteiger partial charge in [-0.15, -0.1) is 11.6 Å². The average molecular weight is 321 g/mol. The predicted molar refractivity (Wildman–Crippen MR) is 86.4 cm³/mol. The van der Waals surface area contributed by atoms with Crippen molar-refractivity contribution in [3.05, 3.63) is 58.9 Å². The van der Waals surface area contributed by atoms with E-state index in [0.717, 1.165) is 33.2 Å². The third-order valence-electron chi connectivity index (χ3n) is 3.39. The van der Waals surface area contributed by atoms with Gasteiger partial charge >= 0.3 is 0 Å². The zero-order valence-electron chi connectivity index (χ0n) is 11.5. The molecule has 0 aliphatic rings. The Kier molecular flexibility index (Phi) is 4.04. The van der Waals surface area contributed by atoms with Crippen molar-refractivity contribution in [3.8, 4) is 5.75 Å². The topological polar surface area (TPSA) is 27.1 Å². The van der Waals surface area contributed by atoms with Crippen LogP contribution in [0.15, 0.2) is 42.5 Å². The van der Waals surface area contributed by atoms with Crippen LogP contribution in [0.25, 0.3) is 11.0 Å². The van der Waals surface area contributed by atoms with Crippen LogP contribution < -0.4 is 4.74 Å². The fourth-order valence-electron chi connectivity index (χ4n) is 2.43. The summed E-state index contributed by atoms with van der Waals surface area (Å²) in [7, 11) is 1.64. The molecule has 1 heterocycles. The van der Waals surface area contributed by atoms with Crippen LogP contribution in [0, 0.1) is 0 Å². The Morgan fingerprint density at radius 3 is 2.71 bits per heavy atom. The molecule has 0 bridgehead atoms. The van der Waals surface area contributed by atoms with Crippen molar-refractivity contribution < 1.29 is 4.74 Å². The molecule has 0 unspecified atom stereocenters. The summed E-state index contributed by atoms with van der Waals surface area (Å²) < 4.78 is 7.46. The first-order chi connectivity index (χ1) is 10.2. The second kappa shape index (κ2) is 5.96. The van der Waals surface area contributed by atoms with Crippen molar-refractivity contribution in [2.75, 3.05) is 7.11 Å². The molecule has 3 rings (SSSR count). The van der Waals surface area contributed by atoms with E-state index in [4.69, 9.17) is 27.9 Å². The minimum atomic E-state index is 0.346. The van der Waals surface area contributed by atoms with E-state index >= 15 is 0 Å². The van der Waals surface area contributed by atoms with Gasteiger partial charge in [-0.05, 0) is 29.8 Å². The number of rotatable bonds is 4. The highest BCUT2D eigenvalue weighted by Gasteiger charge is 2.13. The van der Waals surface area contributed by atoms with E-state index in [0.29, 0.717) is 12.4 Å². The lowest BCUT2D eigenvalue weighted by molar-refractivity contribution is 0.419. The molecule has 0 atom stereocenters. The normalized spacial score (nSPS) is 11.0. The smallest absolute Gasteiger partial charge is 0.146 e. The lowest BCUT2D eigenvalue weighted by atomic mass is 10.2. The first-order valence-electron chi connectivity index (χ1n) is 6.55. The number of benzene rings is 2. The number of methoxy groups -OCH3 is 1. The zero-order valence-corrected chi connectivity index (χ0v) is 13.0. The maximum Gasteiger partial charge on any atom is 0.146 e.